The van der Waals surface area contributed by atoms with Gasteiger partial charge < -0.3 is 5.32 Å². The summed E-state index contributed by atoms with van der Waals surface area (Å²) in [4.78, 5) is 12.0. The maximum Gasteiger partial charge on any atom is 0.251 e. The number of nitrogens with one attached hydrogen (secondary N) is 1. The van der Waals surface area contributed by atoms with Gasteiger partial charge in [-0.25, -0.2) is 4.39 Å². The van der Waals surface area contributed by atoms with Gasteiger partial charge in [-0.2, -0.15) is 0 Å². The first kappa shape index (κ1) is 14.0. The van der Waals surface area contributed by atoms with Crippen LogP contribution >= 0.6 is 12.6 Å². The highest BCUT2D eigenvalue weighted by Gasteiger charge is 2.10. The van der Waals surface area contributed by atoms with Crippen molar-refractivity contribution >= 4 is 18.5 Å². The van der Waals surface area contributed by atoms with Gasteiger partial charge >= 0.3 is 0 Å². The van der Waals surface area contributed by atoms with Crippen molar-refractivity contribution in [3.05, 3.63) is 29.6 Å². The number of thiol groups is 1. The molecule has 1 N–H and O–H groups in total. The SMILES string of the molecule is CCC(CC)CNC(=O)c1ccc(F)c(S)c1. The lowest BCUT2D eigenvalue weighted by Crippen LogP contribution is -2.28. The number of benzene rings is 1. The van der Waals surface area contributed by atoms with E-state index in [1.54, 1.807) is 0 Å². The minimum Gasteiger partial charge on any atom is -0.352 e. The Labute approximate surface area is 107 Å². The fourth-order valence-electron chi connectivity index (χ4n) is 1.57. The molecule has 17 heavy (non-hydrogen) atoms. The van der Waals surface area contributed by atoms with Crippen LogP contribution < -0.4 is 5.32 Å². The van der Waals surface area contributed by atoms with Crippen molar-refractivity contribution < 1.29 is 9.18 Å². The zero-order valence-corrected chi connectivity index (χ0v) is 11.1. The van der Waals surface area contributed by atoms with E-state index in [0.717, 1.165) is 12.8 Å². The molecule has 0 fully saturated rings. The van der Waals surface area contributed by atoms with Gasteiger partial charge in [0.2, 0.25) is 0 Å². The summed E-state index contributed by atoms with van der Waals surface area (Å²) in [6, 6.07) is 4.17. The smallest absolute Gasteiger partial charge is 0.251 e. The molecular weight excluding hydrogens is 237 g/mol. The van der Waals surface area contributed by atoms with Gasteiger partial charge in [0.1, 0.15) is 5.82 Å². The highest BCUT2D eigenvalue weighted by Crippen LogP contribution is 2.14. The average molecular weight is 255 g/mol. The van der Waals surface area contributed by atoms with Gasteiger partial charge in [-0.15, -0.1) is 12.6 Å². The molecule has 0 saturated carbocycles. The molecule has 2 nitrogen and oxygen atoms in total. The molecule has 0 bridgehead atoms. The van der Waals surface area contributed by atoms with Crippen molar-refractivity contribution in [3.8, 4) is 0 Å². The van der Waals surface area contributed by atoms with E-state index in [1.165, 1.54) is 18.2 Å². The van der Waals surface area contributed by atoms with Gasteiger partial charge in [0.15, 0.2) is 0 Å². The zero-order valence-electron chi connectivity index (χ0n) is 10.2. The average Bonchev–Trinajstić information content (AvgIpc) is 2.33. The molecule has 4 heteroatoms. The van der Waals surface area contributed by atoms with E-state index in [9.17, 15) is 9.18 Å². The molecule has 94 valence electrons. The van der Waals surface area contributed by atoms with Crippen LogP contribution in [0.25, 0.3) is 0 Å². The van der Waals surface area contributed by atoms with Crippen LogP contribution in [-0.2, 0) is 0 Å². The van der Waals surface area contributed by atoms with E-state index in [0.29, 0.717) is 18.0 Å². The van der Waals surface area contributed by atoms with E-state index >= 15 is 0 Å². The summed E-state index contributed by atoms with van der Waals surface area (Å²) in [5.74, 6) is -0.0908. The van der Waals surface area contributed by atoms with Crippen LogP contribution in [0.3, 0.4) is 0 Å². The van der Waals surface area contributed by atoms with E-state index in [4.69, 9.17) is 0 Å². The largest absolute Gasteiger partial charge is 0.352 e. The molecule has 1 aromatic rings. The summed E-state index contributed by atoms with van der Waals surface area (Å²) < 4.78 is 13.0. The highest BCUT2D eigenvalue weighted by molar-refractivity contribution is 7.80. The fraction of sp³-hybridized carbons (Fsp3) is 0.462. The number of amides is 1. The first-order valence-electron chi connectivity index (χ1n) is 5.85. The Kier molecular flexibility index (Phi) is 5.48. The van der Waals surface area contributed by atoms with Crippen molar-refractivity contribution in [1.29, 1.82) is 0 Å². The molecule has 0 aliphatic rings. The summed E-state index contributed by atoms with van der Waals surface area (Å²) >= 11 is 3.95. The summed E-state index contributed by atoms with van der Waals surface area (Å²) in [5, 5.41) is 2.85. The van der Waals surface area contributed by atoms with Crippen LogP contribution in [0.5, 0.6) is 0 Å². The van der Waals surface area contributed by atoms with Crippen LogP contribution in [0.1, 0.15) is 37.0 Å². The number of carbonyl (C=O) groups excluding carboxylic acids is 1. The van der Waals surface area contributed by atoms with Crippen molar-refractivity contribution in [2.45, 2.75) is 31.6 Å². The fourth-order valence-corrected chi connectivity index (χ4v) is 1.78. The molecule has 0 aliphatic heterocycles. The Hall–Kier alpha value is -1.03. The molecule has 0 saturated heterocycles. The molecule has 0 heterocycles. The quantitative estimate of drug-likeness (QED) is 0.777. The van der Waals surface area contributed by atoms with Crippen LogP contribution in [-0.4, -0.2) is 12.5 Å². The van der Waals surface area contributed by atoms with E-state index < -0.39 is 5.82 Å². The Morgan fingerprint density at radius 1 is 1.41 bits per heavy atom. The van der Waals surface area contributed by atoms with Gasteiger partial charge in [-0.3, -0.25) is 4.79 Å². The summed E-state index contributed by atoms with van der Waals surface area (Å²) in [7, 11) is 0. The predicted octanol–water partition coefficient (Wildman–Crippen LogP) is 3.28. The predicted molar refractivity (Wildman–Crippen MR) is 70.1 cm³/mol. The minimum absolute atomic E-state index is 0.174. The van der Waals surface area contributed by atoms with Gasteiger partial charge in [0.25, 0.3) is 5.91 Å². The van der Waals surface area contributed by atoms with E-state index in [-0.39, 0.29) is 10.8 Å². The van der Waals surface area contributed by atoms with Crippen molar-refractivity contribution in [1.82, 2.24) is 5.32 Å². The molecule has 0 spiro atoms. The van der Waals surface area contributed by atoms with Crippen LogP contribution in [0.4, 0.5) is 4.39 Å². The monoisotopic (exact) mass is 255 g/mol. The second kappa shape index (κ2) is 6.64. The van der Waals surface area contributed by atoms with Crippen molar-refractivity contribution in [2.24, 2.45) is 5.92 Å². The summed E-state index contributed by atoms with van der Waals surface area (Å²) in [5.41, 5.74) is 0.447. The Morgan fingerprint density at radius 3 is 2.59 bits per heavy atom. The molecule has 0 atom stereocenters. The normalized spacial score (nSPS) is 10.6. The van der Waals surface area contributed by atoms with Gasteiger partial charge in [-0.05, 0) is 24.1 Å². The number of rotatable bonds is 5. The summed E-state index contributed by atoms with van der Waals surface area (Å²) in [6.45, 7) is 4.86. The zero-order chi connectivity index (χ0) is 12.8. The first-order valence-corrected chi connectivity index (χ1v) is 6.29. The molecular formula is C13H18FNOS. The molecule has 0 aliphatic carbocycles. The van der Waals surface area contributed by atoms with Gasteiger partial charge in [0.05, 0.1) is 0 Å². The third-order valence-corrected chi connectivity index (χ3v) is 3.26. The third-order valence-electron chi connectivity index (χ3n) is 2.91. The standard InChI is InChI=1S/C13H18FNOS/c1-3-9(4-2)8-15-13(16)10-5-6-11(14)12(17)7-10/h5-7,9,17H,3-4,8H2,1-2H3,(H,15,16). The van der Waals surface area contributed by atoms with Crippen LogP contribution in [0.2, 0.25) is 0 Å². The van der Waals surface area contributed by atoms with Crippen LogP contribution in [0, 0.1) is 11.7 Å². The van der Waals surface area contributed by atoms with Crippen molar-refractivity contribution in [3.63, 3.8) is 0 Å². The van der Waals surface area contributed by atoms with Gasteiger partial charge in [-0.1, -0.05) is 26.7 Å². The third kappa shape index (κ3) is 4.04. The number of halogens is 1. The molecule has 0 radical (unpaired) electrons. The summed E-state index contributed by atoms with van der Waals surface area (Å²) in [6.07, 6.45) is 2.08. The van der Waals surface area contributed by atoms with E-state index in [2.05, 4.69) is 31.8 Å². The topological polar surface area (TPSA) is 29.1 Å². The van der Waals surface area contributed by atoms with Crippen LogP contribution in [0.15, 0.2) is 23.1 Å². The second-order valence-corrected chi connectivity index (χ2v) is 4.54. The maximum absolute atomic E-state index is 13.0. The lowest BCUT2D eigenvalue weighted by atomic mass is 10.0. The Morgan fingerprint density at radius 2 is 2.06 bits per heavy atom. The second-order valence-electron chi connectivity index (χ2n) is 4.06. The highest BCUT2D eigenvalue weighted by atomic mass is 32.1. The van der Waals surface area contributed by atoms with E-state index in [1.807, 2.05) is 0 Å². The minimum atomic E-state index is -0.412. The van der Waals surface area contributed by atoms with Gasteiger partial charge in [0, 0.05) is 17.0 Å². The Balaban J connectivity index is 2.61. The molecule has 1 rings (SSSR count). The Bertz CT molecular complexity index is 391. The first-order chi connectivity index (χ1) is 8.08. The molecule has 1 amide bonds. The van der Waals surface area contributed by atoms with Crippen molar-refractivity contribution in [2.75, 3.05) is 6.54 Å². The number of hydrogen-bond donors (Lipinski definition) is 2. The lowest BCUT2D eigenvalue weighted by Gasteiger charge is -2.13. The number of carbonyl (C=O) groups is 1. The molecule has 1 aromatic carbocycles. The molecule has 0 unspecified atom stereocenters. The molecule has 0 aromatic heterocycles. The lowest BCUT2D eigenvalue weighted by molar-refractivity contribution is 0.0946. The number of hydrogen-bond acceptors (Lipinski definition) is 2. The maximum atomic E-state index is 13.0.